The zero-order valence-electron chi connectivity index (χ0n) is 18.8. The van der Waals surface area contributed by atoms with E-state index >= 15 is 0 Å². The molecule has 0 saturated heterocycles. The number of aliphatic carboxylic acids is 2. The van der Waals surface area contributed by atoms with Gasteiger partial charge in [-0.05, 0) is 37.5 Å². The van der Waals surface area contributed by atoms with Gasteiger partial charge in [0.25, 0.3) is 0 Å². The van der Waals surface area contributed by atoms with Crippen molar-refractivity contribution in [2.75, 3.05) is 0 Å². The van der Waals surface area contributed by atoms with Crippen LogP contribution in [0.4, 0.5) is 0 Å². The number of hydrogen-bond donors (Lipinski definition) is 2. The first-order chi connectivity index (χ1) is 13.3. The predicted molar refractivity (Wildman–Crippen MR) is 114 cm³/mol. The summed E-state index contributed by atoms with van der Waals surface area (Å²) < 4.78 is 0. The fraction of sp³-hybridized carbons (Fsp3) is 0.917. The van der Waals surface area contributed by atoms with Gasteiger partial charge in [0.1, 0.15) is 0 Å². The summed E-state index contributed by atoms with van der Waals surface area (Å²) in [7, 11) is 0. The van der Waals surface area contributed by atoms with Crippen LogP contribution in [0.3, 0.4) is 0 Å². The zero-order chi connectivity index (χ0) is 21.2. The van der Waals surface area contributed by atoms with Gasteiger partial charge in [-0.2, -0.15) is 0 Å². The maximum absolute atomic E-state index is 12.7. The second kappa shape index (κ2) is 11.8. The summed E-state index contributed by atoms with van der Waals surface area (Å²) in [4.78, 5) is 25.4. The topological polar surface area (TPSA) is 74.6 Å². The lowest BCUT2D eigenvalue weighted by Crippen LogP contribution is -2.60. The maximum Gasteiger partial charge on any atom is 0.311 e. The molecule has 164 valence electrons. The molecule has 4 heteroatoms. The molecule has 4 nitrogen and oxygen atoms in total. The normalized spacial score (nSPS) is 30.3. The highest BCUT2D eigenvalue weighted by Gasteiger charge is 2.65. The Labute approximate surface area is 172 Å². The molecule has 1 saturated carbocycles. The Morgan fingerprint density at radius 1 is 0.786 bits per heavy atom. The quantitative estimate of drug-likeness (QED) is 0.313. The van der Waals surface area contributed by atoms with Crippen molar-refractivity contribution in [3.63, 3.8) is 0 Å². The van der Waals surface area contributed by atoms with E-state index in [1.165, 1.54) is 0 Å². The fourth-order valence-electron chi connectivity index (χ4n) is 5.63. The number of hydrogen-bond acceptors (Lipinski definition) is 2. The van der Waals surface area contributed by atoms with Crippen molar-refractivity contribution in [3.8, 4) is 0 Å². The van der Waals surface area contributed by atoms with Gasteiger partial charge in [0.2, 0.25) is 0 Å². The molecular formula is C24H44O4. The molecule has 0 amide bonds. The van der Waals surface area contributed by atoms with E-state index in [2.05, 4.69) is 20.8 Å². The summed E-state index contributed by atoms with van der Waals surface area (Å²) in [5.41, 5.74) is -2.27. The van der Waals surface area contributed by atoms with Gasteiger partial charge in [-0.15, -0.1) is 0 Å². The van der Waals surface area contributed by atoms with Crippen LogP contribution in [-0.4, -0.2) is 22.2 Å². The van der Waals surface area contributed by atoms with E-state index in [-0.39, 0.29) is 11.8 Å². The van der Waals surface area contributed by atoms with Crippen molar-refractivity contribution >= 4 is 11.9 Å². The number of carboxylic acid groups (broad SMARTS) is 2. The average molecular weight is 397 g/mol. The van der Waals surface area contributed by atoms with Crippen LogP contribution in [-0.2, 0) is 9.59 Å². The molecule has 28 heavy (non-hydrogen) atoms. The maximum atomic E-state index is 12.7. The first-order valence-electron chi connectivity index (χ1n) is 11.8. The molecule has 4 atom stereocenters. The summed E-state index contributed by atoms with van der Waals surface area (Å²) in [6.45, 7) is 8.43. The monoisotopic (exact) mass is 396 g/mol. The van der Waals surface area contributed by atoms with Gasteiger partial charge in [0.15, 0.2) is 0 Å². The summed E-state index contributed by atoms with van der Waals surface area (Å²) in [5, 5.41) is 20.8. The number of carboxylic acids is 2. The van der Waals surface area contributed by atoms with Gasteiger partial charge in [-0.25, -0.2) is 0 Å². The highest BCUT2D eigenvalue weighted by Crippen LogP contribution is 2.61. The van der Waals surface area contributed by atoms with E-state index in [0.29, 0.717) is 19.3 Å². The minimum atomic E-state index is -1.15. The molecular weight excluding hydrogens is 352 g/mol. The Morgan fingerprint density at radius 3 is 1.75 bits per heavy atom. The van der Waals surface area contributed by atoms with Gasteiger partial charge < -0.3 is 10.2 Å². The van der Waals surface area contributed by atoms with Crippen LogP contribution in [0, 0.1) is 22.7 Å². The largest absolute Gasteiger partial charge is 0.481 e. The highest BCUT2D eigenvalue weighted by atomic mass is 16.4. The van der Waals surface area contributed by atoms with E-state index in [0.717, 1.165) is 70.6 Å². The molecule has 0 radical (unpaired) electrons. The van der Waals surface area contributed by atoms with Crippen molar-refractivity contribution in [2.45, 2.75) is 118 Å². The molecule has 0 aliphatic heterocycles. The lowest BCUT2D eigenvalue weighted by Gasteiger charge is -2.54. The standard InChI is InChI=1S/C24H44O4/c1-5-7-9-11-13-16-23(21(25)26)18-15-19(3)20(4)24(23,22(27)28)17-14-12-10-8-6-2/h19-20H,5-18H2,1-4H3,(H,25,26)(H,27,28). The van der Waals surface area contributed by atoms with Crippen molar-refractivity contribution < 1.29 is 19.8 Å². The molecule has 0 aromatic carbocycles. The third-order valence-electron chi connectivity index (χ3n) is 7.68. The lowest BCUT2D eigenvalue weighted by molar-refractivity contribution is -0.193. The molecule has 1 fully saturated rings. The summed E-state index contributed by atoms with van der Waals surface area (Å²) in [6.07, 6.45) is 12.8. The number of rotatable bonds is 14. The van der Waals surface area contributed by atoms with Gasteiger partial charge in [0.05, 0.1) is 10.8 Å². The molecule has 0 bridgehead atoms. The Balaban J connectivity index is 3.13. The van der Waals surface area contributed by atoms with Gasteiger partial charge in [-0.3, -0.25) is 9.59 Å². The third-order valence-corrected chi connectivity index (χ3v) is 7.68. The fourth-order valence-corrected chi connectivity index (χ4v) is 5.63. The Kier molecular flexibility index (Phi) is 10.5. The van der Waals surface area contributed by atoms with Crippen LogP contribution in [0.25, 0.3) is 0 Å². The number of carbonyl (C=O) groups is 2. The Bertz CT molecular complexity index is 489. The lowest BCUT2D eigenvalue weighted by atomic mass is 9.46. The minimum absolute atomic E-state index is 0.114. The van der Waals surface area contributed by atoms with E-state index in [1.54, 1.807) is 0 Å². The van der Waals surface area contributed by atoms with Crippen molar-refractivity contribution in [2.24, 2.45) is 22.7 Å². The third kappa shape index (κ3) is 5.30. The molecule has 0 aromatic rings. The van der Waals surface area contributed by atoms with Crippen molar-refractivity contribution in [1.29, 1.82) is 0 Å². The van der Waals surface area contributed by atoms with Gasteiger partial charge in [0, 0.05) is 0 Å². The van der Waals surface area contributed by atoms with Crippen molar-refractivity contribution in [3.05, 3.63) is 0 Å². The molecule has 1 aliphatic rings. The van der Waals surface area contributed by atoms with Crippen molar-refractivity contribution in [1.82, 2.24) is 0 Å². The smallest absolute Gasteiger partial charge is 0.311 e. The van der Waals surface area contributed by atoms with Crippen LogP contribution in [0.2, 0.25) is 0 Å². The molecule has 0 spiro atoms. The second-order valence-electron chi connectivity index (χ2n) is 9.30. The van der Waals surface area contributed by atoms with Crippen LogP contribution in [0.1, 0.15) is 118 Å². The van der Waals surface area contributed by atoms with E-state index in [9.17, 15) is 19.8 Å². The first-order valence-corrected chi connectivity index (χ1v) is 11.8. The van der Waals surface area contributed by atoms with Gasteiger partial charge in [-0.1, -0.05) is 91.9 Å². The predicted octanol–water partition coefficient (Wildman–Crippen LogP) is 6.92. The summed E-state index contributed by atoms with van der Waals surface area (Å²) in [5.74, 6) is -1.62. The van der Waals surface area contributed by atoms with E-state index in [4.69, 9.17) is 0 Å². The molecule has 1 aliphatic carbocycles. The molecule has 4 unspecified atom stereocenters. The first kappa shape index (κ1) is 25.0. The van der Waals surface area contributed by atoms with Crippen LogP contribution >= 0.6 is 0 Å². The van der Waals surface area contributed by atoms with E-state index < -0.39 is 22.8 Å². The Hall–Kier alpha value is -1.06. The SMILES string of the molecule is CCCCCCCC1(C(=O)O)CCC(C)C(C)C1(CCCCCCC)C(=O)O. The zero-order valence-corrected chi connectivity index (χ0v) is 18.8. The average Bonchev–Trinajstić information content (AvgIpc) is 2.65. The second-order valence-corrected chi connectivity index (χ2v) is 9.30. The number of unbranched alkanes of at least 4 members (excludes halogenated alkanes) is 8. The van der Waals surface area contributed by atoms with Crippen LogP contribution in [0.5, 0.6) is 0 Å². The Morgan fingerprint density at radius 2 is 1.29 bits per heavy atom. The highest BCUT2D eigenvalue weighted by molar-refractivity contribution is 5.87. The summed E-state index contributed by atoms with van der Waals surface area (Å²) >= 11 is 0. The van der Waals surface area contributed by atoms with Crippen LogP contribution in [0.15, 0.2) is 0 Å². The van der Waals surface area contributed by atoms with E-state index in [1.807, 2.05) is 6.92 Å². The molecule has 1 rings (SSSR count). The molecule has 0 aromatic heterocycles. The van der Waals surface area contributed by atoms with Crippen LogP contribution < -0.4 is 0 Å². The summed E-state index contributed by atoms with van der Waals surface area (Å²) in [6, 6.07) is 0. The molecule has 2 N–H and O–H groups in total. The van der Waals surface area contributed by atoms with Gasteiger partial charge >= 0.3 is 11.9 Å². The molecule has 0 heterocycles. The minimum Gasteiger partial charge on any atom is -0.481 e.